The Hall–Kier alpha value is -5.13. The van der Waals surface area contributed by atoms with Gasteiger partial charge >= 0.3 is 0 Å². The Balaban J connectivity index is 1.03. The highest BCUT2D eigenvalue weighted by molar-refractivity contribution is 6.71. The molecule has 9 rings (SSSR count). The molecule has 274 valence electrons. The zero-order chi connectivity index (χ0) is 37.5. The second-order valence-electron chi connectivity index (χ2n) is 15.8. The van der Waals surface area contributed by atoms with Crippen molar-refractivity contribution in [3.05, 3.63) is 137 Å². The molecule has 0 aliphatic carbocycles. The molecule has 9 nitrogen and oxygen atoms in total. The van der Waals surface area contributed by atoms with E-state index < -0.39 is 31.5 Å². The van der Waals surface area contributed by atoms with Crippen LogP contribution in [0.1, 0.15) is 46.0 Å². The Labute approximate surface area is 315 Å². The minimum atomic E-state index is -3.02. The second kappa shape index (κ2) is 12.7. The van der Waals surface area contributed by atoms with Gasteiger partial charge in [-0.25, -0.2) is 0 Å². The van der Waals surface area contributed by atoms with Crippen molar-refractivity contribution in [1.82, 2.24) is 4.90 Å². The molecule has 0 bridgehead atoms. The first kappa shape index (κ1) is 34.6. The van der Waals surface area contributed by atoms with Crippen LogP contribution in [0.25, 0.3) is 10.8 Å². The molecular weight excluding hydrogens is 695 g/mol. The maximum Gasteiger partial charge on any atom is 0.264 e. The summed E-state index contributed by atoms with van der Waals surface area (Å²) >= 11 is 0. The first-order chi connectivity index (χ1) is 26.0. The topological polar surface area (TPSA) is 111 Å². The van der Waals surface area contributed by atoms with E-state index in [0.29, 0.717) is 18.5 Å². The average Bonchev–Trinajstić information content (AvgIpc) is 3.72. The molecule has 5 aromatic rings. The number of para-hydroxylation sites is 1. The van der Waals surface area contributed by atoms with Crippen LogP contribution < -0.4 is 9.80 Å². The molecule has 54 heavy (non-hydrogen) atoms. The number of benzene rings is 5. The summed E-state index contributed by atoms with van der Waals surface area (Å²) in [5, 5.41) is 12.3. The number of hydrogen-bond donors (Lipinski definition) is 2. The van der Waals surface area contributed by atoms with E-state index in [1.807, 2.05) is 129 Å². The van der Waals surface area contributed by atoms with Crippen molar-refractivity contribution >= 4 is 53.9 Å². The van der Waals surface area contributed by atoms with Gasteiger partial charge in [-0.05, 0) is 71.9 Å². The molecule has 4 aliphatic heterocycles. The summed E-state index contributed by atoms with van der Waals surface area (Å²) in [6, 6.07) is 34.7. The number of aliphatic hydroxyl groups is 1. The van der Waals surface area contributed by atoms with Gasteiger partial charge in [0.15, 0.2) is 13.9 Å². The largest absolute Gasteiger partial charge is 0.432 e. The predicted molar refractivity (Wildman–Crippen MR) is 210 cm³/mol. The molecule has 0 radical (unpaired) electrons. The molecule has 4 heterocycles. The Bertz CT molecular complexity index is 2350. The molecule has 3 amide bonds. The minimum Gasteiger partial charge on any atom is -0.432 e. The summed E-state index contributed by atoms with van der Waals surface area (Å²) < 4.78 is 6.98. The van der Waals surface area contributed by atoms with Crippen LogP contribution in [-0.2, 0) is 39.4 Å². The molecule has 10 heteroatoms. The van der Waals surface area contributed by atoms with Gasteiger partial charge < -0.3 is 24.4 Å². The zero-order valence-electron chi connectivity index (χ0n) is 30.6. The summed E-state index contributed by atoms with van der Waals surface area (Å²) in [6.45, 7) is 6.15. The van der Waals surface area contributed by atoms with Crippen molar-refractivity contribution in [2.45, 2.75) is 69.2 Å². The molecule has 1 fully saturated rings. The lowest BCUT2D eigenvalue weighted by atomic mass is 9.82. The summed E-state index contributed by atoms with van der Waals surface area (Å²) in [6.07, 6.45) is -0.158. The Morgan fingerprint density at radius 2 is 1.59 bits per heavy atom. The molecule has 5 atom stereocenters. The van der Waals surface area contributed by atoms with Gasteiger partial charge in [0.05, 0.1) is 48.7 Å². The third-order valence-electron chi connectivity index (χ3n) is 12.2. The van der Waals surface area contributed by atoms with Gasteiger partial charge in [0.2, 0.25) is 5.91 Å². The fourth-order valence-corrected chi connectivity index (χ4v) is 12.4. The number of fused-ring (bicyclic) bond motifs is 3. The van der Waals surface area contributed by atoms with Gasteiger partial charge in [-0.1, -0.05) is 85.8 Å². The molecule has 1 spiro atoms. The van der Waals surface area contributed by atoms with Gasteiger partial charge in [0.1, 0.15) is 0 Å². The number of hydrogen-bond acceptors (Lipinski definition) is 6. The number of carbonyl (C=O) groups is 3. The van der Waals surface area contributed by atoms with E-state index in [1.54, 1.807) is 14.7 Å². The van der Waals surface area contributed by atoms with Crippen LogP contribution in [0, 0.1) is 5.92 Å². The van der Waals surface area contributed by atoms with E-state index in [2.05, 4.69) is 0 Å². The van der Waals surface area contributed by atoms with Crippen molar-refractivity contribution in [3.63, 3.8) is 0 Å². The Morgan fingerprint density at radius 3 is 2.37 bits per heavy atom. The molecule has 5 aromatic carbocycles. The van der Waals surface area contributed by atoms with E-state index >= 15 is 4.79 Å². The van der Waals surface area contributed by atoms with Crippen molar-refractivity contribution in [2.75, 3.05) is 16.4 Å². The summed E-state index contributed by atoms with van der Waals surface area (Å²) in [5.74, 6) is -0.906. The predicted octanol–water partition coefficient (Wildman–Crippen LogP) is 6.81. The molecule has 0 saturated carbocycles. The number of nitrogens with zero attached hydrogens (tertiary/aromatic N) is 3. The first-order valence-corrected chi connectivity index (χ1v) is 21.8. The Kier molecular flexibility index (Phi) is 8.16. The number of amides is 3. The normalized spacial score (nSPS) is 24.5. The van der Waals surface area contributed by atoms with Gasteiger partial charge in [0, 0.05) is 34.6 Å². The number of rotatable bonds is 7. The highest BCUT2D eigenvalue weighted by atomic mass is 28.4. The monoisotopic (exact) mass is 737 g/mol. The summed E-state index contributed by atoms with van der Waals surface area (Å²) in [7, 11) is -3.02. The van der Waals surface area contributed by atoms with Gasteiger partial charge in [-0.2, -0.15) is 0 Å². The van der Waals surface area contributed by atoms with Gasteiger partial charge in [-0.3, -0.25) is 19.3 Å². The van der Waals surface area contributed by atoms with Crippen LogP contribution in [0.15, 0.2) is 109 Å². The van der Waals surface area contributed by atoms with Crippen LogP contribution in [0.3, 0.4) is 0 Å². The zero-order valence-corrected chi connectivity index (χ0v) is 31.6. The Morgan fingerprint density at radius 1 is 0.889 bits per heavy atom. The number of carbonyl (C=O) groups excluding carboxylic acids is 3. The maximum atomic E-state index is 15.1. The lowest BCUT2D eigenvalue weighted by Gasteiger charge is -2.37. The van der Waals surface area contributed by atoms with E-state index in [1.165, 1.54) is 0 Å². The fourth-order valence-electron chi connectivity index (χ4n) is 9.87. The van der Waals surface area contributed by atoms with Crippen molar-refractivity contribution in [2.24, 2.45) is 5.92 Å². The smallest absolute Gasteiger partial charge is 0.264 e. The van der Waals surface area contributed by atoms with Crippen LogP contribution in [0.2, 0.25) is 18.6 Å². The quantitative estimate of drug-likeness (QED) is 0.178. The molecular formula is C44H43N3O6Si. The highest BCUT2D eigenvalue weighted by Gasteiger charge is 2.66. The molecule has 1 saturated heterocycles. The van der Waals surface area contributed by atoms with Crippen LogP contribution in [0.5, 0.6) is 0 Å². The van der Waals surface area contributed by atoms with Crippen LogP contribution in [0.4, 0.5) is 17.1 Å². The third kappa shape index (κ3) is 5.19. The van der Waals surface area contributed by atoms with E-state index in [0.717, 1.165) is 50.1 Å². The number of anilines is 3. The van der Waals surface area contributed by atoms with E-state index in [4.69, 9.17) is 4.74 Å². The molecule has 0 aromatic heterocycles. The fraction of sp³-hybridized carbons (Fsp3) is 0.295. The SMILES string of the molecule is C[C@H]1[C@H]([Si](C)(C)O)[C@@H](CC(=O)N2Cc3ccccc3C[C@H]2CO)O[C@]12C(=O)N(Cc1cccc(N3C(=O)c4cccc5cccc3c45)c1)c1ccccc12. The third-order valence-corrected chi connectivity index (χ3v) is 14.7. The molecule has 2 N–H and O–H groups in total. The van der Waals surface area contributed by atoms with Crippen LogP contribution >= 0.6 is 0 Å². The van der Waals surface area contributed by atoms with E-state index in [-0.39, 0.29) is 43.3 Å². The molecule has 0 unspecified atom stereocenters. The summed E-state index contributed by atoms with van der Waals surface area (Å²) in [5.41, 5.74) is 4.88. The van der Waals surface area contributed by atoms with Gasteiger partial charge in [-0.15, -0.1) is 0 Å². The average molecular weight is 738 g/mol. The number of ether oxygens (including phenoxy) is 1. The lowest BCUT2D eigenvalue weighted by molar-refractivity contribution is -0.151. The maximum absolute atomic E-state index is 15.1. The summed E-state index contributed by atoms with van der Waals surface area (Å²) in [4.78, 5) is 60.0. The highest BCUT2D eigenvalue weighted by Crippen LogP contribution is 2.60. The van der Waals surface area contributed by atoms with Gasteiger partial charge in [0.25, 0.3) is 11.8 Å². The lowest BCUT2D eigenvalue weighted by Crippen LogP contribution is -2.48. The molecule has 4 aliphatic rings. The van der Waals surface area contributed by atoms with Crippen LogP contribution in [-0.4, -0.2) is 59.6 Å². The number of aliphatic hydroxyl groups excluding tert-OH is 1. The standard InChI is InChI=1S/C44H43N3O6Si/c1-27-41(54(2,3)52)38(23-39(49)45-25-31-13-5-4-12-30(31)22-33(45)26-48)53-44(27)35-18-6-7-19-36(35)46(43(44)51)24-28-11-8-16-32(21-28)47-37-20-10-15-29-14-9-17-34(40(29)37)42(47)50/h4-21,27,33,38,41,48,52H,22-26H2,1-3H3/t27-,33-,38+,41-,44+/m0/s1. The van der Waals surface area contributed by atoms with Crippen molar-refractivity contribution in [3.8, 4) is 0 Å². The minimum absolute atomic E-state index is 0.0110. The second-order valence-corrected chi connectivity index (χ2v) is 19.8. The van der Waals surface area contributed by atoms with Crippen molar-refractivity contribution < 1.29 is 29.0 Å². The van der Waals surface area contributed by atoms with Crippen molar-refractivity contribution in [1.29, 1.82) is 0 Å². The van der Waals surface area contributed by atoms with E-state index in [9.17, 15) is 19.5 Å². The first-order valence-electron chi connectivity index (χ1n) is 18.7.